The Labute approximate surface area is 148 Å². The lowest BCUT2D eigenvalue weighted by Crippen LogP contribution is -2.31. The largest absolute Gasteiger partial charge is 0.434 e. The Hall–Kier alpha value is -0.920. The standard InChI is InChI=1S/C15H19BrF2N2O2.ClH/c16-11-4-5-13(22-15(17)18)10(6-11)8-20-14(21)7-9-2-1-3-12(9)19;/h4-6,9,12,15H,1-3,7-8,19H2,(H,20,21);1H/t9-,12+;/m0./s1. The summed E-state index contributed by atoms with van der Waals surface area (Å²) in [6, 6.07) is 4.79. The first-order valence-corrected chi connectivity index (χ1v) is 8.00. The Kier molecular flexibility index (Phi) is 8.22. The van der Waals surface area contributed by atoms with Gasteiger partial charge in [0.2, 0.25) is 5.91 Å². The zero-order valence-corrected chi connectivity index (χ0v) is 14.8. The molecule has 1 aromatic carbocycles. The van der Waals surface area contributed by atoms with Crippen LogP contribution < -0.4 is 15.8 Å². The lowest BCUT2D eigenvalue weighted by atomic mass is 10.00. The molecule has 0 aromatic heterocycles. The summed E-state index contributed by atoms with van der Waals surface area (Å²) in [5.74, 6) is 0.153. The molecular formula is C15H20BrClF2N2O2. The second-order valence-electron chi connectivity index (χ2n) is 5.47. The Morgan fingerprint density at radius 2 is 2.17 bits per heavy atom. The van der Waals surface area contributed by atoms with Crippen LogP contribution in [0, 0.1) is 5.92 Å². The molecule has 2 atom stereocenters. The topological polar surface area (TPSA) is 64.4 Å². The first-order valence-electron chi connectivity index (χ1n) is 7.21. The third kappa shape index (κ3) is 6.24. The third-order valence-electron chi connectivity index (χ3n) is 3.88. The van der Waals surface area contributed by atoms with Crippen LogP contribution in [-0.2, 0) is 11.3 Å². The molecule has 1 aliphatic carbocycles. The van der Waals surface area contributed by atoms with Gasteiger partial charge in [0.25, 0.3) is 0 Å². The van der Waals surface area contributed by atoms with Crippen molar-refractivity contribution in [3.05, 3.63) is 28.2 Å². The summed E-state index contributed by atoms with van der Waals surface area (Å²) in [7, 11) is 0. The zero-order valence-electron chi connectivity index (χ0n) is 12.4. The summed E-state index contributed by atoms with van der Waals surface area (Å²) in [4.78, 5) is 12.0. The molecule has 130 valence electrons. The number of rotatable bonds is 6. The number of carbonyl (C=O) groups excluding carboxylic acids is 1. The highest BCUT2D eigenvalue weighted by Gasteiger charge is 2.26. The quantitative estimate of drug-likeness (QED) is 0.749. The maximum absolute atomic E-state index is 12.4. The summed E-state index contributed by atoms with van der Waals surface area (Å²) in [5.41, 5.74) is 6.44. The average Bonchev–Trinajstić information content (AvgIpc) is 2.84. The van der Waals surface area contributed by atoms with Crippen LogP contribution in [0.1, 0.15) is 31.2 Å². The van der Waals surface area contributed by atoms with Crippen LogP contribution in [0.25, 0.3) is 0 Å². The SMILES string of the molecule is Cl.N[C@@H]1CCC[C@H]1CC(=O)NCc1cc(Br)ccc1OC(F)F. The second kappa shape index (κ2) is 9.39. The van der Waals surface area contributed by atoms with Gasteiger partial charge in [0.05, 0.1) is 0 Å². The average molecular weight is 414 g/mol. The lowest BCUT2D eigenvalue weighted by molar-refractivity contribution is -0.122. The van der Waals surface area contributed by atoms with E-state index in [4.69, 9.17) is 5.73 Å². The lowest BCUT2D eigenvalue weighted by Gasteiger charge is -2.16. The minimum atomic E-state index is -2.90. The highest BCUT2D eigenvalue weighted by atomic mass is 79.9. The Morgan fingerprint density at radius 3 is 2.78 bits per heavy atom. The van der Waals surface area contributed by atoms with Crippen LogP contribution in [0.15, 0.2) is 22.7 Å². The molecule has 23 heavy (non-hydrogen) atoms. The maximum atomic E-state index is 12.4. The number of nitrogens with one attached hydrogen (secondary N) is 1. The zero-order chi connectivity index (χ0) is 16.1. The maximum Gasteiger partial charge on any atom is 0.387 e. The normalized spacial score (nSPS) is 20.2. The van der Waals surface area contributed by atoms with E-state index in [9.17, 15) is 13.6 Å². The predicted octanol–water partition coefficient (Wildman–Crippen LogP) is 3.61. The molecule has 1 aromatic rings. The molecular weight excluding hydrogens is 394 g/mol. The molecule has 8 heteroatoms. The van der Waals surface area contributed by atoms with Gasteiger partial charge in [0, 0.05) is 29.0 Å². The van der Waals surface area contributed by atoms with Crippen molar-refractivity contribution < 1.29 is 18.3 Å². The van der Waals surface area contributed by atoms with Crippen molar-refractivity contribution in [1.29, 1.82) is 0 Å². The molecule has 0 radical (unpaired) electrons. The Bertz CT molecular complexity index is 534. The minimum Gasteiger partial charge on any atom is -0.434 e. The van der Waals surface area contributed by atoms with Gasteiger partial charge in [-0.25, -0.2) is 0 Å². The summed E-state index contributed by atoms with van der Waals surface area (Å²) in [6.07, 6.45) is 3.35. The van der Waals surface area contributed by atoms with E-state index in [0.717, 1.165) is 23.7 Å². The molecule has 0 bridgehead atoms. The molecule has 1 saturated carbocycles. The molecule has 1 amide bonds. The van der Waals surface area contributed by atoms with E-state index >= 15 is 0 Å². The van der Waals surface area contributed by atoms with Crippen molar-refractivity contribution in [3.63, 3.8) is 0 Å². The highest BCUT2D eigenvalue weighted by molar-refractivity contribution is 9.10. The van der Waals surface area contributed by atoms with Crippen molar-refractivity contribution in [3.8, 4) is 5.75 Å². The number of amides is 1. The Morgan fingerprint density at radius 1 is 1.43 bits per heavy atom. The van der Waals surface area contributed by atoms with E-state index < -0.39 is 6.61 Å². The van der Waals surface area contributed by atoms with E-state index in [1.165, 1.54) is 6.07 Å². The molecule has 3 N–H and O–H groups in total. The van der Waals surface area contributed by atoms with E-state index in [-0.39, 0.29) is 42.6 Å². The smallest absolute Gasteiger partial charge is 0.387 e. The number of alkyl halides is 2. The molecule has 0 saturated heterocycles. The van der Waals surface area contributed by atoms with Gasteiger partial charge < -0.3 is 15.8 Å². The van der Waals surface area contributed by atoms with Crippen molar-refractivity contribution in [2.45, 2.75) is 44.9 Å². The number of ether oxygens (including phenoxy) is 1. The fraction of sp³-hybridized carbons (Fsp3) is 0.533. The first-order chi connectivity index (χ1) is 10.5. The van der Waals surface area contributed by atoms with Crippen LogP contribution in [0.3, 0.4) is 0 Å². The van der Waals surface area contributed by atoms with E-state index in [2.05, 4.69) is 26.0 Å². The number of hydrogen-bond donors (Lipinski definition) is 2. The molecule has 0 aliphatic heterocycles. The first kappa shape index (κ1) is 20.1. The summed E-state index contributed by atoms with van der Waals surface area (Å²) in [6.45, 7) is -2.76. The van der Waals surface area contributed by atoms with Crippen molar-refractivity contribution >= 4 is 34.2 Å². The van der Waals surface area contributed by atoms with Crippen molar-refractivity contribution in [2.24, 2.45) is 11.7 Å². The number of halogens is 4. The van der Waals surface area contributed by atoms with E-state index in [1.54, 1.807) is 12.1 Å². The van der Waals surface area contributed by atoms with Crippen LogP contribution in [0.5, 0.6) is 5.75 Å². The number of hydrogen-bond acceptors (Lipinski definition) is 3. The molecule has 1 fully saturated rings. The number of carbonyl (C=O) groups is 1. The van der Waals surface area contributed by atoms with Gasteiger partial charge in [0.1, 0.15) is 5.75 Å². The molecule has 0 heterocycles. The van der Waals surface area contributed by atoms with Gasteiger partial charge in [-0.3, -0.25) is 4.79 Å². The van der Waals surface area contributed by atoms with Crippen LogP contribution in [-0.4, -0.2) is 18.6 Å². The van der Waals surface area contributed by atoms with Gasteiger partial charge in [-0.15, -0.1) is 12.4 Å². The fourth-order valence-corrected chi connectivity index (χ4v) is 3.13. The fourth-order valence-electron chi connectivity index (χ4n) is 2.72. The van der Waals surface area contributed by atoms with Crippen molar-refractivity contribution in [1.82, 2.24) is 5.32 Å². The molecule has 2 rings (SSSR count). The van der Waals surface area contributed by atoms with Crippen molar-refractivity contribution in [2.75, 3.05) is 0 Å². The molecule has 4 nitrogen and oxygen atoms in total. The molecule has 1 aliphatic rings. The van der Waals surface area contributed by atoms with Gasteiger partial charge in [-0.05, 0) is 37.0 Å². The van der Waals surface area contributed by atoms with E-state index in [0.29, 0.717) is 12.0 Å². The predicted molar refractivity (Wildman–Crippen MR) is 89.8 cm³/mol. The second-order valence-corrected chi connectivity index (χ2v) is 6.38. The van der Waals surface area contributed by atoms with Gasteiger partial charge in [-0.2, -0.15) is 8.78 Å². The monoisotopic (exact) mass is 412 g/mol. The minimum absolute atomic E-state index is 0. The highest BCUT2D eigenvalue weighted by Crippen LogP contribution is 2.27. The summed E-state index contributed by atoms with van der Waals surface area (Å²) >= 11 is 3.28. The van der Waals surface area contributed by atoms with Gasteiger partial charge in [0.15, 0.2) is 0 Å². The van der Waals surface area contributed by atoms with E-state index in [1.807, 2.05) is 0 Å². The summed E-state index contributed by atoms with van der Waals surface area (Å²) in [5, 5.41) is 2.75. The third-order valence-corrected chi connectivity index (χ3v) is 4.37. The number of nitrogens with two attached hydrogens (primary N) is 1. The molecule has 0 unspecified atom stereocenters. The van der Waals surface area contributed by atoms with Gasteiger partial charge in [-0.1, -0.05) is 22.4 Å². The number of benzene rings is 1. The summed E-state index contributed by atoms with van der Waals surface area (Å²) < 4.78 is 29.9. The van der Waals surface area contributed by atoms with Gasteiger partial charge >= 0.3 is 6.61 Å². The van der Waals surface area contributed by atoms with Crippen LogP contribution >= 0.6 is 28.3 Å². The molecule has 0 spiro atoms. The van der Waals surface area contributed by atoms with Crippen LogP contribution in [0.2, 0.25) is 0 Å². The van der Waals surface area contributed by atoms with Crippen LogP contribution in [0.4, 0.5) is 8.78 Å². The Balaban J connectivity index is 0.00000264.